The predicted molar refractivity (Wildman–Crippen MR) is 101 cm³/mol. The molecule has 3 rings (SSSR count). The van der Waals surface area contributed by atoms with Gasteiger partial charge in [-0.3, -0.25) is 0 Å². The minimum atomic E-state index is 0.542. The van der Waals surface area contributed by atoms with Crippen LogP contribution < -0.4 is 10.1 Å². The smallest absolute Gasteiger partial charge is 0.138 e. The quantitative estimate of drug-likeness (QED) is 0.676. The standard InChI is InChI=1S/C21H26ClNO/c22-20-14-18(15-23-19-10-6-1-2-7-11-19)12-13-21(20)24-16-17-8-4-3-5-9-17/h3-5,8-9,12-14,19,23H,1-2,6-7,10-11,15-16H2. The van der Waals surface area contributed by atoms with Crippen LogP contribution in [0.1, 0.15) is 49.7 Å². The number of ether oxygens (including phenoxy) is 1. The first kappa shape index (κ1) is 17.3. The highest BCUT2D eigenvalue weighted by Crippen LogP contribution is 2.26. The van der Waals surface area contributed by atoms with Gasteiger partial charge in [0.2, 0.25) is 0 Å². The minimum absolute atomic E-state index is 0.542. The molecular formula is C21H26ClNO. The second-order valence-electron chi connectivity index (χ2n) is 6.61. The molecule has 0 unspecified atom stereocenters. The zero-order chi connectivity index (χ0) is 16.6. The molecule has 24 heavy (non-hydrogen) atoms. The predicted octanol–water partition coefficient (Wildman–Crippen LogP) is 5.73. The fourth-order valence-corrected chi connectivity index (χ4v) is 3.51. The summed E-state index contributed by atoms with van der Waals surface area (Å²) in [5, 5.41) is 4.37. The van der Waals surface area contributed by atoms with Crippen LogP contribution in [0.25, 0.3) is 0 Å². The lowest BCUT2D eigenvalue weighted by Crippen LogP contribution is -2.27. The number of nitrogens with one attached hydrogen (secondary N) is 1. The van der Waals surface area contributed by atoms with Crippen LogP contribution in [0.2, 0.25) is 5.02 Å². The van der Waals surface area contributed by atoms with E-state index in [2.05, 4.69) is 23.5 Å². The van der Waals surface area contributed by atoms with Crippen LogP contribution in [0, 0.1) is 0 Å². The van der Waals surface area contributed by atoms with Gasteiger partial charge in [-0.2, -0.15) is 0 Å². The van der Waals surface area contributed by atoms with E-state index in [1.165, 1.54) is 44.1 Å². The molecule has 128 valence electrons. The monoisotopic (exact) mass is 343 g/mol. The first-order valence-electron chi connectivity index (χ1n) is 9.00. The van der Waals surface area contributed by atoms with E-state index in [-0.39, 0.29) is 0 Å². The van der Waals surface area contributed by atoms with Gasteiger partial charge in [0.25, 0.3) is 0 Å². The van der Waals surface area contributed by atoms with Crippen molar-refractivity contribution in [3.8, 4) is 5.75 Å². The maximum atomic E-state index is 6.39. The average molecular weight is 344 g/mol. The van der Waals surface area contributed by atoms with Crippen molar-refractivity contribution >= 4 is 11.6 Å². The van der Waals surface area contributed by atoms with E-state index >= 15 is 0 Å². The van der Waals surface area contributed by atoms with Crippen molar-refractivity contribution in [1.29, 1.82) is 0 Å². The summed E-state index contributed by atoms with van der Waals surface area (Å²) in [6.07, 6.45) is 8.07. The minimum Gasteiger partial charge on any atom is -0.487 e. The summed E-state index contributed by atoms with van der Waals surface area (Å²) in [4.78, 5) is 0. The largest absolute Gasteiger partial charge is 0.487 e. The fourth-order valence-electron chi connectivity index (χ4n) is 3.25. The van der Waals surface area contributed by atoms with Gasteiger partial charge >= 0.3 is 0 Å². The topological polar surface area (TPSA) is 21.3 Å². The average Bonchev–Trinajstić information content (AvgIpc) is 2.89. The molecule has 1 fully saturated rings. The van der Waals surface area contributed by atoms with E-state index in [9.17, 15) is 0 Å². The van der Waals surface area contributed by atoms with Gasteiger partial charge < -0.3 is 10.1 Å². The first-order valence-corrected chi connectivity index (χ1v) is 9.37. The van der Waals surface area contributed by atoms with Crippen molar-refractivity contribution in [3.63, 3.8) is 0 Å². The molecule has 0 saturated heterocycles. The third-order valence-corrected chi connectivity index (χ3v) is 4.98. The molecule has 1 N–H and O–H groups in total. The lowest BCUT2D eigenvalue weighted by molar-refractivity contribution is 0.306. The molecule has 2 aromatic rings. The van der Waals surface area contributed by atoms with E-state index < -0.39 is 0 Å². The summed E-state index contributed by atoms with van der Waals surface area (Å²) in [6, 6.07) is 16.9. The molecule has 3 heteroatoms. The van der Waals surface area contributed by atoms with Crippen molar-refractivity contribution in [2.75, 3.05) is 0 Å². The highest BCUT2D eigenvalue weighted by molar-refractivity contribution is 6.32. The van der Waals surface area contributed by atoms with Gasteiger partial charge in [0, 0.05) is 12.6 Å². The molecule has 2 nitrogen and oxygen atoms in total. The van der Waals surface area contributed by atoms with Crippen molar-refractivity contribution in [2.45, 2.75) is 57.7 Å². The molecular weight excluding hydrogens is 318 g/mol. The zero-order valence-corrected chi connectivity index (χ0v) is 14.9. The Kier molecular flexibility index (Phi) is 6.57. The molecule has 2 aromatic carbocycles. The maximum Gasteiger partial charge on any atom is 0.138 e. The zero-order valence-electron chi connectivity index (χ0n) is 14.1. The molecule has 0 spiro atoms. The van der Waals surface area contributed by atoms with E-state index in [1.54, 1.807) is 0 Å². The number of halogens is 1. The van der Waals surface area contributed by atoms with Crippen LogP contribution >= 0.6 is 11.6 Å². The van der Waals surface area contributed by atoms with Gasteiger partial charge in [-0.1, -0.05) is 73.7 Å². The van der Waals surface area contributed by atoms with Crippen LogP contribution in [-0.4, -0.2) is 6.04 Å². The highest BCUT2D eigenvalue weighted by Gasteiger charge is 2.12. The van der Waals surface area contributed by atoms with Crippen molar-refractivity contribution < 1.29 is 4.74 Å². The van der Waals surface area contributed by atoms with Gasteiger partial charge in [0.15, 0.2) is 0 Å². The Morgan fingerprint density at radius 1 is 0.917 bits per heavy atom. The fraction of sp³-hybridized carbons (Fsp3) is 0.429. The molecule has 0 amide bonds. The molecule has 0 bridgehead atoms. The van der Waals surface area contributed by atoms with Crippen LogP contribution in [0.15, 0.2) is 48.5 Å². The Labute approximate surface area is 150 Å². The number of hydrogen-bond acceptors (Lipinski definition) is 2. The lowest BCUT2D eigenvalue weighted by atomic mass is 10.1. The van der Waals surface area contributed by atoms with Gasteiger partial charge in [-0.15, -0.1) is 0 Å². The molecule has 0 radical (unpaired) electrons. The first-order chi connectivity index (χ1) is 11.8. The molecule has 0 heterocycles. The van der Waals surface area contributed by atoms with Crippen LogP contribution in [0.3, 0.4) is 0 Å². The Balaban J connectivity index is 1.52. The molecule has 0 atom stereocenters. The summed E-state index contributed by atoms with van der Waals surface area (Å²) in [7, 11) is 0. The Morgan fingerprint density at radius 2 is 1.67 bits per heavy atom. The second-order valence-corrected chi connectivity index (χ2v) is 7.02. The number of benzene rings is 2. The van der Waals surface area contributed by atoms with Crippen LogP contribution in [0.4, 0.5) is 0 Å². The SMILES string of the molecule is Clc1cc(CNC2CCCCCC2)ccc1OCc1ccccc1. The maximum absolute atomic E-state index is 6.39. The van der Waals surface area contributed by atoms with Crippen molar-refractivity contribution in [1.82, 2.24) is 5.32 Å². The summed E-state index contributed by atoms with van der Waals surface area (Å²) in [6.45, 7) is 1.42. The van der Waals surface area contributed by atoms with Crippen molar-refractivity contribution in [2.24, 2.45) is 0 Å². The Morgan fingerprint density at radius 3 is 2.38 bits per heavy atom. The molecule has 1 saturated carbocycles. The van der Waals surface area contributed by atoms with Crippen LogP contribution in [0.5, 0.6) is 5.75 Å². The molecule has 1 aliphatic rings. The molecule has 1 aliphatic carbocycles. The van der Waals surface area contributed by atoms with Gasteiger partial charge in [-0.05, 0) is 36.1 Å². The summed E-state index contributed by atoms with van der Waals surface area (Å²) in [5.41, 5.74) is 2.36. The number of hydrogen-bond donors (Lipinski definition) is 1. The summed E-state index contributed by atoms with van der Waals surface area (Å²) in [5.74, 6) is 0.749. The van der Waals surface area contributed by atoms with E-state index in [0.29, 0.717) is 17.7 Å². The van der Waals surface area contributed by atoms with Gasteiger partial charge in [0.1, 0.15) is 12.4 Å². The van der Waals surface area contributed by atoms with Gasteiger partial charge in [0.05, 0.1) is 5.02 Å². The van der Waals surface area contributed by atoms with Gasteiger partial charge in [-0.25, -0.2) is 0 Å². The normalized spacial score (nSPS) is 15.9. The Bertz CT molecular complexity index is 621. The van der Waals surface area contributed by atoms with Crippen molar-refractivity contribution in [3.05, 3.63) is 64.7 Å². The Hall–Kier alpha value is -1.51. The second kappa shape index (κ2) is 9.10. The summed E-state index contributed by atoms with van der Waals surface area (Å²) < 4.78 is 5.84. The molecule has 0 aromatic heterocycles. The van der Waals surface area contributed by atoms with Crippen LogP contribution in [-0.2, 0) is 13.2 Å². The lowest BCUT2D eigenvalue weighted by Gasteiger charge is -2.16. The van der Waals surface area contributed by atoms with E-state index in [4.69, 9.17) is 16.3 Å². The van der Waals surface area contributed by atoms with E-state index in [0.717, 1.165) is 17.9 Å². The third-order valence-electron chi connectivity index (χ3n) is 4.68. The third kappa shape index (κ3) is 5.25. The molecule has 0 aliphatic heterocycles. The highest BCUT2D eigenvalue weighted by atomic mass is 35.5. The number of rotatable bonds is 6. The summed E-state index contributed by atoms with van der Waals surface area (Å²) >= 11 is 6.39. The van der Waals surface area contributed by atoms with E-state index in [1.807, 2.05) is 30.3 Å².